The number of nitrogens with one attached hydrogen (secondary N) is 1. The highest BCUT2D eigenvalue weighted by atomic mass is 31.2. The zero-order chi connectivity index (χ0) is 11.4. The van der Waals surface area contributed by atoms with Crippen molar-refractivity contribution in [2.75, 3.05) is 12.7 Å². The molecule has 0 aliphatic heterocycles. The molecule has 3 N–H and O–H groups in total. The number of carbonyl (C=O) groups is 2. The molecule has 0 saturated carbocycles. The minimum Gasteiger partial charge on any atom is -0.381 e. The van der Waals surface area contributed by atoms with Gasteiger partial charge in [0.2, 0.25) is 5.78 Å². The van der Waals surface area contributed by atoms with Gasteiger partial charge in [-0.1, -0.05) is 0 Å². The van der Waals surface area contributed by atoms with Crippen LogP contribution in [0, 0.1) is 0 Å². The molecule has 0 aromatic carbocycles. The van der Waals surface area contributed by atoms with E-state index < -0.39 is 8.38 Å². The Labute approximate surface area is 88.4 Å². The predicted molar refractivity (Wildman–Crippen MR) is 56.1 cm³/mol. The Morgan fingerprint density at radius 2 is 1.93 bits per heavy atom. The lowest BCUT2D eigenvalue weighted by molar-refractivity contribution is -0.115. The summed E-state index contributed by atoms with van der Waals surface area (Å²) in [5.41, 5.74) is 0.625. The molecule has 82 valence electrons. The Kier molecular flexibility index (Phi) is 4.15. The van der Waals surface area contributed by atoms with Crippen molar-refractivity contribution < 1.29 is 19.4 Å². The van der Waals surface area contributed by atoms with E-state index in [1.807, 2.05) is 0 Å². The van der Waals surface area contributed by atoms with Crippen molar-refractivity contribution in [2.24, 2.45) is 0 Å². The van der Waals surface area contributed by atoms with Crippen molar-refractivity contribution in [3.63, 3.8) is 0 Å². The third kappa shape index (κ3) is 3.55. The number of hydrogen-bond donors (Lipinski definition) is 3. The highest BCUT2D eigenvalue weighted by molar-refractivity contribution is 7.45. The zero-order valence-corrected chi connectivity index (χ0v) is 9.12. The molecular weight excluding hydrogens is 217 g/mol. The third-order valence-corrected chi connectivity index (χ3v) is 2.53. The van der Waals surface area contributed by atoms with E-state index in [9.17, 15) is 9.59 Å². The van der Waals surface area contributed by atoms with Gasteiger partial charge in [-0.3, -0.25) is 9.59 Å². The average Bonchev–Trinajstić information content (AvgIpc) is 2.13. The van der Waals surface area contributed by atoms with E-state index in [-0.39, 0.29) is 30.0 Å². The van der Waals surface area contributed by atoms with E-state index in [1.165, 1.54) is 12.2 Å². The fourth-order valence-corrected chi connectivity index (χ4v) is 1.40. The van der Waals surface area contributed by atoms with Crippen molar-refractivity contribution in [2.45, 2.75) is 6.92 Å². The normalized spacial score (nSPS) is 16.5. The van der Waals surface area contributed by atoms with Gasteiger partial charge in [0, 0.05) is 24.4 Å². The molecular formula is C9H12NO4P. The topological polar surface area (TPSA) is 86.6 Å². The van der Waals surface area contributed by atoms with E-state index in [0.717, 1.165) is 0 Å². The average molecular weight is 229 g/mol. The molecule has 0 heterocycles. The van der Waals surface area contributed by atoms with Gasteiger partial charge in [0.1, 0.15) is 0 Å². The minimum atomic E-state index is -1.96. The second-order valence-corrected chi connectivity index (χ2v) is 4.33. The number of ketones is 2. The van der Waals surface area contributed by atoms with E-state index >= 15 is 0 Å². The van der Waals surface area contributed by atoms with E-state index in [0.29, 0.717) is 5.57 Å². The lowest BCUT2D eigenvalue weighted by Gasteiger charge is -2.12. The SMILES string of the molecule is CC1=CC(=O)C(NCCP(O)O)=CC1=O. The highest BCUT2D eigenvalue weighted by Crippen LogP contribution is 2.20. The summed E-state index contributed by atoms with van der Waals surface area (Å²) in [4.78, 5) is 39.8. The van der Waals surface area contributed by atoms with Crippen molar-refractivity contribution in [3.8, 4) is 0 Å². The number of hydrogen-bond acceptors (Lipinski definition) is 5. The maximum atomic E-state index is 11.3. The lowest BCUT2D eigenvalue weighted by Crippen LogP contribution is -2.26. The summed E-state index contributed by atoms with van der Waals surface area (Å²) >= 11 is 0. The molecule has 0 fully saturated rings. The van der Waals surface area contributed by atoms with Crippen LogP contribution < -0.4 is 5.32 Å². The first kappa shape index (κ1) is 12.0. The molecule has 1 rings (SSSR count). The maximum absolute atomic E-state index is 11.3. The second-order valence-electron chi connectivity index (χ2n) is 3.14. The largest absolute Gasteiger partial charge is 0.381 e. The first-order chi connectivity index (χ1) is 7.00. The van der Waals surface area contributed by atoms with Gasteiger partial charge in [0.25, 0.3) is 0 Å². The van der Waals surface area contributed by atoms with Gasteiger partial charge >= 0.3 is 0 Å². The van der Waals surface area contributed by atoms with E-state index in [4.69, 9.17) is 9.79 Å². The van der Waals surface area contributed by atoms with Gasteiger partial charge in [0.15, 0.2) is 14.2 Å². The van der Waals surface area contributed by atoms with Gasteiger partial charge in [-0.15, -0.1) is 0 Å². The summed E-state index contributed by atoms with van der Waals surface area (Å²) < 4.78 is 0. The smallest absolute Gasteiger partial charge is 0.202 e. The monoisotopic (exact) mass is 229 g/mol. The molecule has 0 unspecified atom stereocenters. The lowest BCUT2D eigenvalue weighted by atomic mass is 10.0. The Bertz CT molecular complexity index is 346. The molecule has 1 aliphatic carbocycles. The first-order valence-corrected chi connectivity index (χ1v) is 5.82. The summed E-state index contributed by atoms with van der Waals surface area (Å²) in [5.74, 6) is -0.459. The second kappa shape index (κ2) is 5.16. The standard InChI is InChI=1S/C9H12NO4P/c1-6-4-9(12)7(5-8(6)11)10-2-3-15(13)14/h4-5,10,13-14H,2-3H2,1H3. The fourth-order valence-electron chi connectivity index (χ4n) is 1.09. The van der Waals surface area contributed by atoms with Crippen LogP contribution in [0.15, 0.2) is 23.4 Å². The van der Waals surface area contributed by atoms with Gasteiger partial charge in [-0.25, -0.2) is 0 Å². The summed E-state index contributed by atoms with van der Waals surface area (Å²) in [6.45, 7) is 1.84. The molecule has 0 radical (unpaired) electrons. The van der Waals surface area contributed by atoms with Crippen LogP contribution in [0.3, 0.4) is 0 Å². The van der Waals surface area contributed by atoms with Gasteiger partial charge in [-0.05, 0) is 13.0 Å². The summed E-state index contributed by atoms with van der Waals surface area (Å²) in [7, 11) is -1.96. The van der Waals surface area contributed by atoms with Crippen LogP contribution in [0.25, 0.3) is 0 Å². The summed E-state index contributed by atoms with van der Waals surface area (Å²) in [6.07, 6.45) is 2.66. The van der Waals surface area contributed by atoms with Gasteiger partial charge < -0.3 is 15.1 Å². The van der Waals surface area contributed by atoms with Crippen LogP contribution in [-0.4, -0.2) is 34.1 Å². The number of rotatable bonds is 4. The highest BCUT2D eigenvalue weighted by Gasteiger charge is 2.16. The minimum absolute atomic E-state index is 0.164. The Hall–Kier alpha value is -1.03. The molecule has 0 saturated heterocycles. The molecule has 0 aromatic heterocycles. The fraction of sp³-hybridized carbons (Fsp3) is 0.333. The number of carbonyl (C=O) groups excluding carboxylic acids is 2. The molecule has 0 atom stereocenters. The molecule has 1 aliphatic rings. The van der Waals surface area contributed by atoms with Crippen LogP contribution in [0.1, 0.15) is 6.92 Å². The molecule has 5 nitrogen and oxygen atoms in total. The Morgan fingerprint density at radius 1 is 1.27 bits per heavy atom. The number of allylic oxidation sites excluding steroid dienone is 3. The maximum Gasteiger partial charge on any atom is 0.202 e. The van der Waals surface area contributed by atoms with Crippen LogP contribution in [0.4, 0.5) is 0 Å². The van der Waals surface area contributed by atoms with Crippen LogP contribution in [0.2, 0.25) is 0 Å². The quantitative estimate of drug-likeness (QED) is 0.461. The summed E-state index contributed by atoms with van der Waals surface area (Å²) in [5, 5.41) is 2.70. The van der Waals surface area contributed by atoms with Crippen molar-refractivity contribution in [3.05, 3.63) is 23.4 Å². The zero-order valence-electron chi connectivity index (χ0n) is 8.23. The Balaban J connectivity index is 2.53. The molecule has 6 heteroatoms. The van der Waals surface area contributed by atoms with Crippen LogP contribution in [-0.2, 0) is 9.59 Å². The van der Waals surface area contributed by atoms with Gasteiger partial charge in [-0.2, -0.15) is 0 Å². The Morgan fingerprint density at radius 3 is 2.53 bits per heavy atom. The predicted octanol–water partition coefficient (Wildman–Crippen LogP) is -0.146. The molecule has 0 amide bonds. The first-order valence-electron chi connectivity index (χ1n) is 4.38. The molecule has 15 heavy (non-hydrogen) atoms. The van der Waals surface area contributed by atoms with Crippen molar-refractivity contribution in [1.29, 1.82) is 0 Å². The van der Waals surface area contributed by atoms with Crippen LogP contribution >= 0.6 is 8.38 Å². The molecule has 0 aromatic rings. The molecule has 0 bridgehead atoms. The van der Waals surface area contributed by atoms with Crippen molar-refractivity contribution in [1.82, 2.24) is 5.32 Å². The van der Waals surface area contributed by atoms with E-state index in [1.54, 1.807) is 6.92 Å². The summed E-state index contributed by atoms with van der Waals surface area (Å²) in [6, 6.07) is 0. The molecule has 0 spiro atoms. The van der Waals surface area contributed by atoms with Crippen molar-refractivity contribution >= 4 is 19.9 Å². The van der Waals surface area contributed by atoms with E-state index in [2.05, 4.69) is 5.32 Å². The third-order valence-electron chi connectivity index (χ3n) is 1.90. The van der Waals surface area contributed by atoms with Gasteiger partial charge in [0.05, 0.1) is 5.70 Å². The van der Waals surface area contributed by atoms with Crippen LogP contribution in [0.5, 0.6) is 0 Å².